The molecule has 6 heteroatoms. The largest absolute Gasteiger partial charge is 0.357 e. The molecule has 1 saturated carbocycles. The molecule has 1 fully saturated rings. The summed E-state index contributed by atoms with van der Waals surface area (Å²) in [6.07, 6.45) is 4.16. The highest BCUT2D eigenvalue weighted by molar-refractivity contribution is 14.0. The highest BCUT2D eigenvalue weighted by atomic mass is 127. The predicted molar refractivity (Wildman–Crippen MR) is 99.3 cm³/mol. The number of carbonyl (C=O) groups excluding carboxylic acids is 1. The maximum atomic E-state index is 12.5. The molecule has 0 unspecified atom stereocenters. The van der Waals surface area contributed by atoms with Crippen LogP contribution < -0.4 is 10.6 Å². The number of rotatable bonds is 5. The van der Waals surface area contributed by atoms with Gasteiger partial charge in [-0.05, 0) is 33.6 Å². The van der Waals surface area contributed by atoms with Crippen molar-refractivity contribution in [2.45, 2.75) is 52.5 Å². The lowest BCUT2D eigenvalue weighted by molar-refractivity contribution is -0.138. The van der Waals surface area contributed by atoms with Gasteiger partial charge in [-0.15, -0.1) is 24.0 Å². The minimum atomic E-state index is -0.289. The van der Waals surface area contributed by atoms with Crippen LogP contribution in [0.2, 0.25) is 0 Å². The summed E-state index contributed by atoms with van der Waals surface area (Å²) < 4.78 is 0. The van der Waals surface area contributed by atoms with Gasteiger partial charge in [0.2, 0.25) is 5.91 Å². The van der Waals surface area contributed by atoms with Crippen LogP contribution in [0.1, 0.15) is 46.5 Å². The maximum absolute atomic E-state index is 12.5. The summed E-state index contributed by atoms with van der Waals surface area (Å²) in [5, 5.41) is 6.54. The molecule has 1 aliphatic carbocycles. The summed E-state index contributed by atoms with van der Waals surface area (Å²) in [4.78, 5) is 18.8. The first-order valence-electron chi connectivity index (χ1n) is 7.68. The summed E-state index contributed by atoms with van der Waals surface area (Å²) in [5.41, 5.74) is -0.289. The van der Waals surface area contributed by atoms with E-state index in [1.807, 2.05) is 21.0 Å². The van der Waals surface area contributed by atoms with Gasteiger partial charge in [-0.3, -0.25) is 9.79 Å². The molecule has 0 spiro atoms. The number of aliphatic imine (C=N–C) groups is 1. The van der Waals surface area contributed by atoms with Crippen LogP contribution in [0.25, 0.3) is 0 Å². The number of hydrogen-bond donors (Lipinski definition) is 2. The number of hydrogen-bond acceptors (Lipinski definition) is 2. The third kappa shape index (κ3) is 6.00. The first-order chi connectivity index (χ1) is 9.41. The number of amides is 1. The lowest BCUT2D eigenvalue weighted by Gasteiger charge is -2.29. The van der Waals surface area contributed by atoms with Gasteiger partial charge in [0.25, 0.3) is 0 Å². The summed E-state index contributed by atoms with van der Waals surface area (Å²) in [5.74, 6) is 1.03. The SMILES string of the molecule is CCNC(=NCC1(C(=O)N(C)C)CCCC1)NC(C)C.I. The minimum Gasteiger partial charge on any atom is -0.357 e. The van der Waals surface area contributed by atoms with E-state index in [0.29, 0.717) is 12.6 Å². The average Bonchev–Trinajstić information content (AvgIpc) is 2.84. The number of nitrogens with one attached hydrogen (secondary N) is 2. The molecule has 0 bridgehead atoms. The Morgan fingerprint density at radius 1 is 1.29 bits per heavy atom. The Hall–Kier alpha value is -0.530. The fourth-order valence-electron chi connectivity index (χ4n) is 2.79. The zero-order valence-electron chi connectivity index (χ0n) is 14.0. The van der Waals surface area contributed by atoms with Crippen molar-refractivity contribution in [3.8, 4) is 0 Å². The molecule has 2 N–H and O–H groups in total. The standard InChI is InChI=1S/C15H30N4O.HI/c1-6-16-14(18-12(2)3)17-11-15(9-7-8-10-15)13(20)19(4)5;/h12H,6-11H2,1-5H3,(H2,16,17,18);1H. The molecule has 1 aliphatic rings. The Kier molecular flexibility index (Phi) is 9.24. The lowest BCUT2D eigenvalue weighted by atomic mass is 9.85. The second-order valence-electron chi connectivity index (χ2n) is 6.18. The molecule has 0 aromatic rings. The first kappa shape index (κ1) is 20.5. The third-order valence-electron chi connectivity index (χ3n) is 3.73. The Morgan fingerprint density at radius 3 is 2.29 bits per heavy atom. The topological polar surface area (TPSA) is 56.7 Å². The normalized spacial score (nSPS) is 17.3. The summed E-state index contributed by atoms with van der Waals surface area (Å²) in [6, 6.07) is 0.330. The lowest BCUT2D eigenvalue weighted by Crippen LogP contribution is -2.44. The Morgan fingerprint density at radius 2 is 1.86 bits per heavy atom. The van der Waals surface area contributed by atoms with Crippen LogP contribution in [0.4, 0.5) is 0 Å². The van der Waals surface area contributed by atoms with E-state index in [2.05, 4.69) is 29.5 Å². The van der Waals surface area contributed by atoms with Crippen molar-refractivity contribution in [2.75, 3.05) is 27.2 Å². The fraction of sp³-hybridized carbons (Fsp3) is 0.867. The molecular weight excluding hydrogens is 379 g/mol. The molecule has 1 rings (SSSR count). The Labute approximate surface area is 146 Å². The van der Waals surface area contributed by atoms with E-state index in [1.165, 1.54) is 0 Å². The molecule has 0 aliphatic heterocycles. The molecule has 21 heavy (non-hydrogen) atoms. The van der Waals surface area contributed by atoms with Crippen LogP contribution in [0.3, 0.4) is 0 Å². The van der Waals surface area contributed by atoms with Gasteiger partial charge in [0.15, 0.2) is 5.96 Å². The molecule has 0 radical (unpaired) electrons. The summed E-state index contributed by atoms with van der Waals surface area (Å²) >= 11 is 0. The van der Waals surface area contributed by atoms with Crippen LogP contribution in [0, 0.1) is 5.41 Å². The van der Waals surface area contributed by atoms with E-state index in [-0.39, 0.29) is 35.3 Å². The summed E-state index contributed by atoms with van der Waals surface area (Å²) in [6.45, 7) is 7.62. The zero-order valence-corrected chi connectivity index (χ0v) is 16.4. The second-order valence-corrected chi connectivity index (χ2v) is 6.18. The van der Waals surface area contributed by atoms with Gasteiger partial charge >= 0.3 is 0 Å². The van der Waals surface area contributed by atoms with E-state index in [4.69, 9.17) is 0 Å². The van der Waals surface area contributed by atoms with Gasteiger partial charge in [0, 0.05) is 26.7 Å². The van der Waals surface area contributed by atoms with Gasteiger partial charge < -0.3 is 15.5 Å². The molecular formula is C15H31IN4O. The van der Waals surface area contributed by atoms with Crippen LogP contribution in [-0.2, 0) is 4.79 Å². The number of halogens is 1. The van der Waals surface area contributed by atoms with Crippen LogP contribution in [-0.4, -0.2) is 50.0 Å². The van der Waals surface area contributed by atoms with Crippen LogP contribution in [0.5, 0.6) is 0 Å². The minimum absolute atomic E-state index is 0. The van der Waals surface area contributed by atoms with Crippen molar-refractivity contribution >= 4 is 35.8 Å². The van der Waals surface area contributed by atoms with Gasteiger partial charge in [-0.1, -0.05) is 12.8 Å². The molecule has 0 saturated heterocycles. The summed E-state index contributed by atoms with van der Waals surface area (Å²) in [7, 11) is 3.67. The predicted octanol–water partition coefficient (Wildman–Crippen LogP) is 2.22. The molecule has 124 valence electrons. The quantitative estimate of drug-likeness (QED) is 0.415. The molecule has 0 atom stereocenters. The number of carbonyl (C=O) groups is 1. The molecule has 1 amide bonds. The molecule has 0 aromatic carbocycles. The molecule has 0 heterocycles. The third-order valence-corrected chi connectivity index (χ3v) is 3.73. The highest BCUT2D eigenvalue weighted by Gasteiger charge is 2.41. The molecule has 5 nitrogen and oxygen atoms in total. The van der Waals surface area contributed by atoms with Crippen LogP contribution in [0.15, 0.2) is 4.99 Å². The highest BCUT2D eigenvalue weighted by Crippen LogP contribution is 2.39. The van der Waals surface area contributed by atoms with Gasteiger partial charge in [0.05, 0.1) is 12.0 Å². The zero-order chi connectivity index (χ0) is 15.2. The molecule has 0 aromatic heterocycles. The van der Waals surface area contributed by atoms with E-state index in [0.717, 1.165) is 38.2 Å². The Bertz CT molecular complexity index is 350. The van der Waals surface area contributed by atoms with E-state index in [1.54, 1.807) is 4.90 Å². The fourth-order valence-corrected chi connectivity index (χ4v) is 2.79. The number of guanidine groups is 1. The first-order valence-corrected chi connectivity index (χ1v) is 7.68. The number of nitrogens with zero attached hydrogens (tertiary/aromatic N) is 2. The van der Waals surface area contributed by atoms with Crippen molar-refractivity contribution in [1.82, 2.24) is 15.5 Å². The van der Waals surface area contributed by atoms with Gasteiger partial charge in [-0.2, -0.15) is 0 Å². The average molecular weight is 410 g/mol. The van der Waals surface area contributed by atoms with E-state index >= 15 is 0 Å². The maximum Gasteiger partial charge on any atom is 0.230 e. The second kappa shape index (κ2) is 9.48. The van der Waals surface area contributed by atoms with Gasteiger partial charge in [-0.25, -0.2) is 0 Å². The van der Waals surface area contributed by atoms with E-state index in [9.17, 15) is 4.79 Å². The van der Waals surface area contributed by atoms with Crippen LogP contribution >= 0.6 is 24.0 Å². The van der Waals surface area contributed by atoms with Crippen molar-refractivity contribution < 1.29 is 4.79 Å². The van der Waals surface area contributed by atoms with E-state index < -0.39 is 0 Å². The van der Waals surface area contributed by atoms with Crippen molar-refractivity contribution in [2.24, 2.45) is 10.4 Å². The van der Waals surface area contributed by atoms with Gasteiger partial charge in [0.1, 0.15) is 0 Å². The Balaban J connectivity index is 0.00000400. The van der Waals surface area contributed by atoms with Crippen molar-refractivity contribution in [3.63, 3.8) is 0 Å². The smallest absolute Gasteiger partial charge is 0.230 e. The van der Waals surface area contributed by atoms with Crippen molar-refractivity contribution in [1.29, 1.82) is 0 Å². The monoisotopic (exact) mass is 410 g/mol. The van der Waals surface area contributed by atoms with Crippen molar-refractivity contribution in [3.05, 3.63) is 0 Å².